The molecule has 0 rings (SSSR count). The number of carboxylic acids is 1. The van der Waals surface area contributed by atoms with Gasteiger partial charge in [-0.25, -0.2) is 4.79 Å². The molecule has 0 aromatic heterocycles. The van der Waals surface area contributed by atoms with Crippen LogP contribution in [-0.4, -0.2) is 75.9 Å². The fourth-order valence-corrected chi connectivity index (χ4v) is 2.71. The van der Waals surface area contributed by atoms with Gasteiger partial charge >= 0.3 is 5.97 Å². The Morgan fingerprint density at radius 3 is 1.67 bits per heavy atom. The summed E-state index contributed by atoms with van der Waals surface area (Å²) >= 11 is 0. The maximum atomic E-state index is 12.5. The number of aliphatic hydroxyl groups excluding tert-OH is 2. The van der Waals surface area contributed by atoms with Gasteiger partial charge in [-0.2, -0.15) is 0 Å². The Labute approximate surface area is 176 Å². The highest BCUT2D eigenvalue weighted by molar-refractivity contribution is 5.94. The Morgan fingerprint density at radius 1 is 0.800 bits per heavy atom. The van der Waals surface area contributed by atoms with Gasteiger partial charge in [0.15, 0.2) is 6.04 Å². The van der Waals surface area contributed by atoms with Crippen LogP contribution in [0.25, 0.3) is 0 Å². The predicted octanol–water partition coefficient (Wildman–Crippen LogP) is -1.68. The average molecular weight is 433 g/mol. The Morgan fingerprint density at radius 2 is 1.27 bits per heavy atom. The number of nitrogens with one attached hydrogen (secondary N) is 3. The lowest BCUT2D eigenvalue weighted by atomic mass is 10.0. The molecule has 0 saturated heterocycles. The zero-order valence-corrected chi connectivity index (χ0v) is 18.2. The molecule has 30 heavy (non-hydrogen) atoms. The fraction of sp³-hybridized carbons (Fsp3) is 0.789. The number of amides is 3. The van der Waals surface area contributed by atoms with Crippen molar-refractivity contribution < 1.29 is 34.5 Å². The Kier molecular flexibility index (Phi) is 12.2. The smallest absolute Gasteiger partial charge is 0.328 e. The van der Waals surface area contributed by atoms with E-state index in [0.717, 1.165) is 0 Å². The van der Waals surface area contributed by atoms with Crippen molar-refractivity contribution in [2.45, 2.75) is 77.7 Å². The Bertz CT molecular complexity index is 595. The van der Waals surface area contributed by atoms with Crippen LogP contribution in [0.15, 0.2) is 0 Å². The van der Waals surface area contributed by atoms with Crippen molar-refractivity contribution >= 4 is 23.7 Å². The van der Waals surface area contributed by atoms with E-state index >= 15 is 0 Å². The van der Waals surface area contributed by atoms with E-state index in [2.05, 4.69) is 16.0 Å². The minimum absolute atomic E-state index is 0.0440. The number of hydrogen-bond donors (Lipinski definition) is 7. The second kappa shape index (κ2) is 13.1. The molecule has 0 heterocycles. The van der Waals surface area contributed by atoms with Crippen molar-refractivity contribution in [2.75, 3.05) is 6.61 Å². The zero-order chi connectivity index (χ0) is 23.6. The number of hydrogen-bond acceptors (Lipinski definition) is 7. The first kappa shape index (κ1) is 27.8. The summed E-state index contributed by atoms with van der Waals surface area (Å²) in [6.45, 7) is 7.87. The van der Waals surface area contributed by atoms with Gasteiger partial charge in [0.25, 0.3) is 0 Å². The van der Waals surface area contributed by atoms with E-state index in [9.17, 15) is 29.4 Å². The summed E-state index contributed by atoms with van der Waals surface area (Å²) < 4.78 is 0. The molecule has 5 unspecified atom stereocenters. The van der Waals surface area contributed by atoms with Gasteiger partial charge in [0.1, 0.15) is 12.1 Å². The van der Waals surface area contributed by atoms with E-state index in [4.69, 9.17) is 10.8 Å². The number of carbonyl (C=O) groups is 4. The van der Waals surface area contributed by atoms with Gasteiger partial charge in [0.2, 0.25) is 17.7 Å². The van der Waals surface area contributed by atoms with Crippen molar-refractivity contribution in [3.05, 3.63) is 0 Å². The molecule has 8 N–H and O–H groups in total. The van der Waals surface area contributed by atoms with Gasteiger partial charge in [-0.1, -0.05) is 27.7 Å². The molecule has 0 aromatic carbocycles. The van der Waals surface area contributed by atoms with Gasteiger partial charge in [-0.3, -0.25) is 14.4 Å². The molecule has 11 nitrogen and oxygen atoms in total. The highest BCUT2D eigenvalue weighted by atomic mass is 16.4. The molecule has 0 spiro atoms. The third kappa shape index (κ3) is 9.99. The molecule has 11 heteroatoms. The van der Waals surface area contributed by atoms with Gasteiger partial charge in [0.05, 0.1) is 18.8 Å². The Hall–Kier alpha value is -2.24. The van der Waals surface area contributed by atoms with Gasteiger partial charge in [-0.05, 0) is 31.6 Å². The summed E-state index contributed by atoms with van der Waals surface area (Å²) in [6, 6.07) is -4.87. The normalized spacial score (nSPS) is 16.3. The van der Waals surface area contributed by atoms with Crippen molar-refractivity contribution in [3.63, 3.8) is 0 Å². The summed E-state index contributed by atoms with van der Waals surface area (Å²) in [4.78, 5) is 48.4. The van der Waals surface area contributed by atoms with Crippen LogP contribution in [0.2, 0.25) is 0 Å². The minimum Gasteiger partial charge on any atom is -0.480 e. The first-order valence-corrected chi connectivity index (χ1v) is 9.98. The van der Waals surface area contributed by atoms with Gasteiger partial charge in [0, 0.05) is 0 Å². The van der Waals surface area contributed by atoms with Crippen LogP contribution < -0.4 is 21.7 Å². The first-order chi connectivity index (χ1) is 13.8. The zero-order valence-electron chi connectivity index (χ0n) is 18.2. The summed E-state index contributed by atoms with van der Waals surface area (Å²) in [7, 11) is 0. The standard InChI is InChI=1S/C19H36N4O7/c1-9(2)6-12(20)16(26)22-14(8-24)18(28)21-13(7-10(3)4)17(27)23-15(11(5)25)19(29)30/h9-15,24-25H,6-8,20H2,1-5H3,(H,21,28)(H,22,26)(H,23,27)(H,29,30). The van der Waals surface area contributed by atoms with E-state index in [1.807, 2.05) is 13.8 Å². The lowest BCUT2D eigenvalue weighted by Crippen LogP contribution is -2.59. The summed E-state index contributed by atoms with van der Waals surface area (Å²) in [5, 5.41) is 35.1. The second-order valence-electron chi connectivity index (χ2n) is 8.24. The predicted molar refractivity (Wildman–Crippen MR) is 109 cm³/mol. The molecule has 0 aliphatic rings. The van der Waals surface area contributed by atoms with E-state index < -0.39 is 60.6 Å². The van der Waals surface area contributed by atoms with E-state index in [0.29, 0.717) is 6.42 Å². The summed E-state index contributed by atoms with van der Waals surface area (Å²) in [5.74, 6) is -3.53. The Balaban J connectivity index is 5.24. The largest absolute Gasteiger partial charge is 0.480 e. The second-order valence-corrected chi connectivity index (χ2v) is 8.24. The molecule has 0 fully saturated rings. The molecule has 0 saturated carbocycles. The van der Waals surface area contributed by atoms with Gasteiger partial charge < -0.3 is 37.0 Å². The number of aliphatic carboxylic acids is 1. The lowest BCUT2D eigenvalue weighted by Gasteiger charge is -2.26. The molecule has 0 aliphatic heterocycles. The maximum absolute atomic E-state index is 12.5. The maximum Gasteiger partial charge on any atom is 0.328 e. The highest BCUT2D eigenvalue weighted by Gasteiger charge is 2.32. The molecule has 0 aromatic rings. The summed E-state index contributed by atoms with van der Waals surface area (Å²) in [6.07, 6.45) is -0.795. The molecule has 0 radical (unpaired) electrons. The molecule has 3 amide bonds. The summed E-state index contributed by atoms with van der Waals surface area (Å²) in [5.41, 5.74) is 5.78. The fourth-order valence-electron chi connectivity index (χ4n) is 2.71. The molecule has 0 aliphatic carbocycles. The van der Waals surface area contributed by atoms with E-state index in [1.165, 1.54) is 6.92 Å². The van der Waals surface area contributed by atoms with Crippen molar-refractivity contribution in [1.82, 2.24) is 16.0 Å². The number of rotatable bonds is 13. The number of carbonyl (C=O) groups excluding carboxylic acids is 3. The number of carboxylic acid groups (broad SMARTS) is 1. The van der Waals surface area contributed by atoms with Gasteiger partial charge in [-0.15, -0.1) is 0 Å². The highest BCUT2D eigenvalue weighted by Crippen LogP contribution is 2.07. The van der Waals surface area contributed by atoms with Crippen LogP contribution in [0, 0.1) is 11.8 Å². The van der Waals surface area contributed by atoms with Crippen LogP contribution in [0.3, 0.4) is 0 Å². The third-order valence-electron chi connectivity index (χ3n) is 4.26. The van der Waals surface area contributed by atoms with E-state index in [-0.39, 0.29) is 18.3 Å². The molecule has 0 bridgehead atoms. The molecular formula is C19H36N4O7. The van der Waals surface area contributed by atoms with Crippen LogP contribution >= 0.6 is 0 Å². The lowest BCUT2D eigenvalue weighted by molar-refractivity contribution is -0.145. The SMILES string of the molecule is CC(C)CC(N)C(=O)NC(CO)C(=O)NC(CC(C)C)C(=O)NC(C(=O)O)C(C)O. The van der Waals surface area contributed by atoms with Crippen LogP contribution in [0.5, 0.6) is 0 Å². The third-order valence-corrected chi connectivity index (χ3v) is 4.26. The average Bonchev–Trinajstić information content (AvgIpc) is 2.61. The van der Waals surface area contributed by atoms with Crippen LogP contribution in [0.4, 0.5) is 0 Å². The van der Waals surface area contributed by atoms with Crippen molar-refractivity contribution in [1.29, 1.82) is 0 Å². The first-order valence-electron chi connectivity index (χ1n) is 9.98. The molecule has 5 atom stereocenters. The quantitative estimate of drug-likeness (QED) is 0.179. The van der Waals surface area contributed by atoms with Crippen molar-refractivity contribution in [2.24, 2.45) is 17.6 Å². The van der Waals surface area contributed by atoms with Crippen molar-refractivity contribution in [3.8, 4) is 0 Å². The van der Waals surface area contributed by atoms with Crippen LogP contribution in [0.1, 0.15) is 47.5 Å². The number of aliphatic hydroxyl groups is 2. The topological polar surface area (TPSA) is 191 Å². The number of nitrogens with two attached hydrogens (primary N) is 1. The molecular weight excluding hydrogens is 396 g/mol. The minimum atomic E-state index is -1.55. The monoisotopic (exact) mass is 432 g/mol. The molecule has 174 valence electrons. The van der Waals surface area contributed by atoms with Crippen LogP contribution in [-0.2, 0) is 19.2 Å². The van der Waals surface area contributed by atoms with E-state index in [1.54, 1.807) is 13.8 Å².